The Bertz CT molecular complexity index is 565. The van der Waals surface area contributed by atoms with Crippen LogP contribution in [0.1, 0.15) is 25.5 Å². The van der Waals surface area contributed by atoms with Crippen LogP contribution in [0.2, 0.25) is 0 Å². The number of nitrogens with one attached hydrogen (secondary N) is 2. The number of hydrogen-bond donors (Lipinski definition) is 3. The molecule has 2 aromatic heterocycles. The van der Waals surface area contributed by atoms with E-state index in [0.717, 1.165) is 12.1 Å². The molecule has 3 N–H and O–H groups in total. The molecule has 0 bridgehead atoms. The maximum absolute atomic E-state index is 11.9. The quantitative estimate of drug-likeness (QED) is 0.767. The fourth-order valence-electron chi connectivity index (χ4n) is 1.86. The van der Waals surface area contributed by atoms with Crippen LogP contribution in [-0.2, 0) is 6.54 Å². The van der Waals surface area contributed by atoms with Gasteiger partial charge in [-0.15, -0.1) is 0 Å². The van der Waals surface area contributed by atoms with E-state index in [-0.39, 0.29) is 12.6 Å². The third-order valence-electron chi connectivity index (χ3n) is 2.88. The van der Waals surface area contributed by atoms with Gasteiger partial charge in [-0.2, -0.15) is 16.4 Å². The van der Waals surface area contributed by atoms with Crippen LogP contribution in [0.4, 0.5) is 10.6 Å². The maximum Gasteiger partial charge on any atom is 0.320 e. The van der Waals surface area contributed by atoms with Gasteiger partial charge >= 0.3 is 6.03 Å². The summed E-state index contributed by atoms with van der Waals surface area (Å²) in [5, 5.41) is 23.2. The predicted molar refractivity (Wildman–Crippen MR) is 83.4 cm³/mol. The molecule has 0 spiro atoms. The van der Waals surface area contributed by atoms with Crippen LogP contribution in [0, 0.1) is 5.92 Å². The Hall–Kier alpha value is -1.86. The van der Waals surface area contributed by atoms with Gasteiger partial charge in [0, 0.05) is 19.2 Å². The number of nitrogens with zero attached hydrogens (tertiary/aromatic N) is 2. The van der Waals surface area contributed by atoms with Crippen molar-refractivity contribution in [2.75, 3.05) is 11.9 Å². The lowest BCUT2D eigenvalue weighted by atomic mass is 10.2. The topological polar surface area (TPSA) is 79.2 Å². The molecule has 0 aliphatic rings. The van der Waals surface area contributed by atoms with E-state index < -0.39 is 6.10 Å². The van der Waals surface area contributed by atoms with Crippen LogP contribution in [0.5, 0.6) is 0 Å². The minimum Gasteiger partial charge on any atom is -0.387 e. The lowest BCUT2D eigenvalue weighted by Gasteiger charge is -2.13. The van der Waals surface area contributed by atoms with Crippen molar-refractivity contribution in [3.8, 4) is 0 Å². The van der Waals surface area contributed by atoms with Crippen molar-refractivity contribution < 1.29 is 9.90 Å². The molecule has 0 saturated carbocycles. The van der Waals surface area contributed by atoms with Crippen molar-refractivity contribution in [3.05, 3.63) is 34.7 Å². The SMILES string of the molecule is CC(C)Cn1nccc1NC(=O)NCC(O)c1ccsc1. The Labute approximate surface area is 127 Å². The number of rotatable bonds is 6. The third-order valence-corrected chi connectivity index (χ3v) is 3.58. The molecule has 0 saturated heterocycles. The fraction of sp³-hybridized carbons (Fsp3) is 0.429. The fourth-order valence-corrected chi connectivity index (χ4v) is 2.57. The first-order chi connectivity index (χ1) is 10.1. The number of amides is 2. The second-order valence-corrected chi connectivity index (χ2v) is 5.98. The number of urea groups is 1. The van der Waals surface area contributed by atoms with Crippen LogP contribution in [0.3, 0.4) is 0 Å². The monoisotopic (exact) mass is 308 g/mol. The number of aliphatic hydroxyl groups is 1. The van der Waals surface area contributed by atoms with Crippen molar-refractivity contribution in [2.24, 2.45) is 5.92 Å². The van der Waals surface area contributed by atoms with Crippen molar-refractivity contribution in [3.63, 3.8) is 0 Å². The second-order valence-electron chi connectivity index (χ2n) is 5.20. The lowest BCUT2D eigenvalue weighted by Crippen LogP contribution is -2.33. The number of aliphatic hydroxyl groups excluding tert-OH is 1. The van der Waals surface area contributed by atoms with Gasteiger partial charge in [-0.3, -0.25) is 5.32 Å². The summed E-state index contributed by atoms with van der Waals surface area (Å²) in [4.78, 5) is 11.9. The highest BCUT2D eigenvalue weighted by atomic mass is 32.1. The van der Waals surface area contributed by atoms with E-state index in [1.807, 2.05) is 16.8 Å². The minimum absolute atomic E-state index is 0.168. The summed E-state index contributed by atoms with van der Waals surface area (Å²) in [6.07, 6.45) is 0.959. The molecule has 21 heavy (non-hydrogen) atoms. The van der Waals surface area contributed by atoms with Gasteiger partial charge in [-0.25, -0.2) is 9.48 Å². The molecule has 6 nitrogen and oxygen atoms in total. The highest BCUT2D eigenvalue weighted by Crippen LogP contribution is 2.15. The summed E-state index contributed by atoms with van der Waals surface area (Å²) in [5.74, 6) is 1.08. The molecule has 0 fully saturated rings. The van der Waals surface area contributed by atoms with Crippen LogP contribution < -0.4 is 10.6 Å². The van der Waals surface area contributed by atoms with E-state index in [4.69, 9.17) is 0 Å². The van der Waals surface area contributed by atoms with Crippen molar-refractivity contribution in [1.29, 1.82) is 0 Å². The summed E-state index contributed by atoms with van der Waals surface area (Å²) in [6, 6.07) is 3.24. The van der Waals surface area contributed by atoms with E-state index >= 15 is 0 Å². The van der Waals surface area contributed by atoms with Crippen molar-refractivity contribution in [2.45, 2.75) is 26.5 Å². The van der Waals surface area contributed by atoms with E-state index in [2.05, 4.69) is 29.6 Å². The second kappa shape index (κ2) is 7.24. The zero-order valence-electron chi connectivity index (χ0n) is 12.1. The zero-order chi connectivity index (χ0) is 15.2. The first-order valence-corrected chi connectivity index (χ1v) is 7.77. The number of thiophene rings is 1. The molecule has 0 aliphatic carbocycles. The molecule has 2 aromatic rings. The summed E-state index contributed by atoms with van der Waals surface area (Å²) in [6.45, 7) is 5.08. The average Bonchev–Trinajstić information content (AvgIpc) is 3.08. The number of anilines is 1. The maximum atomic E-state index is 11.9. The molecule has 2 rings (SSSR count). The number of aromatic nitrogens is 2. The Morgan fingerprint density at radius 2 is 2.29 bits per heavy atom. The first kappa shape index (κ1) is 15.5. The normalized spacial score (nSPS) is 12.4. The van der Waals surface area contributed by atoms with E-state index in [9.17, 15) is 9.90 Å². The van der Waals surface area contributed by atoms with Gasteiger partial charge in [-0.05, 0) is 28.3 Å². The Morgan fingerprint density at radius 3 is 2.95 bits per heavy atom. The summed E-state index contributed by atoms with van der Waals surface area (Å²) < 4.78 is 1.75. The number of carbonyl (C=O) groups excluding carboxylic acids is 1. The van der Waals surface area contributed by atoms with Gasteiger partial charge in [0.2, 0.25) is 0 Å². The zero-order valence-corrected chi connectivity index (χ0v) is 12.9. The van der Waals surface area contributed by atoms with Crippen LogP contribution in [-0.4, -0.2) is 27.5 Å². The molecule has 0 radical (unpaired) electrons. The summed E-state index contributed by atoms with van der Waals surface area (Å²) in [5.41, 5.74) is 0.810. The molecule has 2 amide bonds. The Balaban J connectivity index is 1.83. The van der Waals surface area contributed by atoms with Crippen LogP contribution in [0.25, 0.3) is 0 Å². The third kappa shape index (κ3) is 4.57. The largest absolute Gasteiger partial charge is 0.387 e. The van der Waals surface area contributed by atoms with Gasteiger partial charge in [0.15, 0.2) is 0 Å². The van der Waals surface area contributed by atoms with E-state index in [1.165, 1.54) is 11.3 Å². The van der Waals surface area contributed by atoms with Gasteiger partial charge in [0.25, 0.3) is 0 Å². The van der Waals surface area contributed by atoms with E-state index in [0.29, 0.717) is 11.7 Å². The van der Waals surface area contributed by atoms with Gasteiger partial charge in [0.1, 0.15) is 5.82 Å². The molecule has 0 aromatic carbocycles. The molecule has 7 heteroatoms. The summed E-state index contributed by atoms with van der Waals surface area (Å²) in [7, 11) is 0. The summed E-state index contributed by atoms with van der Waals surface area (Å²) >= 11 is 1.51. The Morgan fingerprint density at radius 1 is 1.48 bits per heavy atom. The molecule has 0 aliphatic heterocycles. The molecule has 1 unspecified atom stereocenters. The average molecular weight is 308 g/mol. The van der Waals surface area contributed by atoms with E-state index in [1.54, 1.807) is 16.9 Å². The molecule has 114 valence electrons. The van der Waals surface area contributed by atoms with Gasteiger partial charge in [0.05, 0.1) is 12.3 Å². The Kier molecular flexibility index (Phi) is 5.35. The highest BCUT2D eigenvalue weighted by molar-refractivity contribution is 7.07. The molecular formula is C14H20N4O2S. The first-order valence-electron chi connectivity index (χ1n) is 6.83. The molecular weight excluding hydrogens is 288 g/mol. The molecule has 1 atom stereocenters. The van der Waals surface area contributed by atoms with Gasteiger partial charge in [-0.1, -0.05) is 13.8 Å². The van der Waals surface area contributed by atoms with Crippen molar-refractivity contribution >= 4 is 23.2 Å². The molecule has 2 heterocycles. The predicted octanol–water partition coefficient (Wildman–Crippen LogP) is 2.46. The number of carbonyl (C=O) groups is 1. The van der Waals surface area contributed by atoms with Crippen molar-refractivity contribution in [1.82, 2.24) is 15.1 Å². The standard InChI is InChI=1S/C14H20N4O2S/c1-10(2)8-18-13(3-5-16-18)17-14(20)15-7-12(19)11-4-6-21-9-11/h3-6,9-10,12,19H,7-8H2,1-2H3,(H2,15,17,20). The van der Waals surface area contributed by atoms with Gasteiger partial charge < -0.3 is 10.4 Å². The van der Waals surface area contributed by atoms with Crippen LogP contribution >= 0.6 is 11.3 Å². The lowest BCUT2D eigenvalue weighted by molar-refractivity contribution is 0.175. The minimum atomic E-state index is -0.692. The highest BCUT2D eigenvalue weighted by Gasteiger charge is 2.11. The number of hydrogen-bond acceptors (Lipinski definition) is 4. The van der Waals surface area contributed by atoms with Crippen LogP contribution in [0.15, 0.2) is 29.1 Å². The smallest absolute Gasteiger partial charge is 0.320 e.